The van der Waals surface area contributed by atoms with Gasteiger partial charge in [0.1, 0.15) is 16.6 Å². The molecule has 1 amide bonds. The molecule has 150 valence electrons. The first kappa shape index (κ1) is 19.2. The van der Waals surface area contributed by atoms with E-state index in [1.54, 1.807) is 12.3 Å². The highest BCUT2D eigenvalue weighted by atomic mass is 35.5. The summed E-state index contributed by atoms with van der Waals surface area (Å²) in [6.45, 7) is 5.75. The normalized spacial score (nSPS) is 24.9. The van der Waals surface area contributed by atoms with Crippen molar-refractivity contribution in [3.8, 4) is 0 Å². The Morgan fingerprint density at radius 1 is 1.29 bits per heavy atom. The van der Waals surface area contributed by atoms with Gasteiger partial charge in [0.2, 0.25) is 0 Å². The molecule has 4 heterocycles. The summed E-state index contributed by atoms with van der Waals surface area (Å²) >= 11 is 6.20. The largest absolute Gasteiger partial charge is 0.444 e. The van der Waals surface area contributed by atoms with Crippen LogP contribution in [-0.2, 0) is 4.74 Å². The van der Waals surface area contributed by atoms with Crippen LogP contribution in [0.25, 0.3) is 10.9 Å². The molecule has 0 radical (unpaired) electrons. The third-order valence-electron chi connectivity index (χ3n) is 5.49. The quantitative estimate of drug-likeness (QED) is 0.714. The Hall–Kier alpha value is -2.08. The van der Waals surface area contributed by atoms with E-state index in [4.69, 9.17) is 16.3 Å². The SMILES string of the molecule is CC(C)(C)OC(=O)N1[C@@H]2CCC[C@H]1C[C@H](Nc1nc(Cl)cc3ncccc13)C2. The second-order valence-electron chi connectivity index (χ2n) is 8.80. The molecule has 0 spiro atoms. The van der Waals surface area contributed by atoms with Gasteiger partial charge in [0.25, 0.3) is 0 Å². The summed E-state index contributed by atoms with van der Waals surface area (Å²) in [7, 11) is 0. The van der Waals surface area contributed by atoms with E-state index in [1.807, 2.05) is 37.8 Å². The molecule has 3 atom stereocenters. The zero-order chi connectivity index (χ0) is 19.9. The lowest BCUT2D eigenvalue weighted by Gasteiger charge is -2.48. The maximum atomic E-state index is 12.8. The Morgan fingerprint density at radius 2 is 2.00 bits per heavy atom. The lowest BCUT2D eigenvalue weighted by Crippen LogP contribution is -2.58. The molecule has 28 heavy (non-hydrogen) atoms. The van der Waals surface area contributed by atoms with Gasteiger partial charge in [-0.1, -0.05) is 11.6 Å². The number of pyridine rings is 2. The number of hydrogen-bond donors (Lipinski definition) is 1. The fraction of sp³-hybridized carbons (Fsp3) is 0.571. The van der Waals surface area contributed by atoms with Crippen LogP contribution in [0.3, 0.4) is 0 Å². The number of amides is 1. The van der Waals surface area contributed by atoms with Crippen molar-refractivity contribution in [1.29, 1.82) is 0 Å². The summed E-state index contributed by atoms with van der Waals surface area (Å²) in [6, 6.07) is 6.32. The van der Waals surface area contributed by atoms with Crippen molar-refractivity contribution in [1.82, 2.24) is 14.9 Å². The highest BCUT2D eigenvalue weighted by Gasteiger charge is 2.42. The lowest BCUT2D eigenvalue weighted by molar-refractivity contribution is -0.0199. The van der Waals surface area contributed by atoms with Crippen molar-refractivity contribution in [2.45, 2.75) is 76.6 Å². The van der Waals surface area contributed by atoms with E-state index in [0.29, 0.717) is 5.15 Å². The first-order valence-corrected chi connectivity index (χ1v) is 10.4. The molecule has 0 aliphatic carbocycles. The molecule has 1 N–H and O–H groups in total. The van der Waals surface area contributed by atoms with E-state index in [2.05, 4.69) is 15.3 Å². The van der Waals surface area contributed by atoms with E-state index in [0.717, 1.165) is 48.8 Å². The Bertz CT molecular complexity index is 868. The molecule has 2 aliphatic heterocycles. The van der Waals surface area contributed by atoms with Crippen LogP contribution in [0.4, 0.5) is 10.6 Å². The third-order valence-corrected chi connectivity index (χ3v) is 5.68. The van der Waals surface area contributed by atoms with E-state index in [1.165, 1.54) is 0 Å². The molecule has 2 bridgehead atoms. The first-order chi connectivity index (χ1) is 13.3. The predicted octanol–water partition coefficient (Wildman–Crippen LogP) is 5.02. The molecule has 6 nitrogen and oxygen atoms in total. The van der Waals surface area contributed by atoms with Gasteiger partial charge in [0, 0.05) is 35.8 Å². The topological polar surface area (TPSA) is 67.3 Å². The number of fused-ring (bicyclic) bond motifs is 3. The van der Waals surface area contributed by atoms with Crippen molar-refractivity contribution in [3.05, 3.63) is 29.5 Å². The van der Waals surface area contributed by atoms with Crippen molar-refractivity contribution in [2.75, 3.05) is 5.32 Å². The van der Waals surface area contributed by atoms with Gasteiger partial charge in [-0.2, -0.15) is 0 Å². The zero-order valence-corrected chi connectivity index (χ0v) is 17.4. The number of carbonyl (C=O) groups excluding carboxylic acids is 1. The molecule has 2 aliphatic rings. The van der Waals surface area contributed by atoms with Crippen LogP contribution in [0.5, 0.6) is 0 Å². The Balaban J connectivity index is 1.53. The van der Waals surface area contributed by atoms with E-state index in [9.17, 15) is 4.79 Å². The molecule has 2 fully saturated rings. The summed E-state index contributed by atoms with van der Waals surface area (Å²) in [5, 5.41) is 4.98. The summed E-state index contributed by atoms with van der Waals surface area (Å²) in [6.07, 6.45) is 6.52. The van der Waals surface area contributed by atoms with E-state index < -0.39 is 5.60 Å². The molecule has 0 unspecified atom stereocenters. The maximum Gasteiger partial charge on any atom is 0.410 e. The Morgan fingerprint density at radius 3 is 2.68 bits per heavy atom. The van der Waals surface area contributed by atoms with E-state index >= 15 is 0 Å². The number of ether oxygens (including phenoxy) is 1. The van der Waals surface area contributed by atoms with E-state index in [-0.39, 0.29) is 24.2 Å². The number of nitrogens with one attached hydrogen (secondary N) is 1. The number of aromatic nitrogens is 2. The van der Waals surface area contributed by atoms with Crippen LogP contribution in [0.2, 0.25) is 5.15 Å². The first-order valence-electron chi connectivity index (χ1n) is 9.99. The number of carbonyl (C=O) groups is 1. The van der Waals surface area contributed by atoms with Crippen LogP contribution in [0.1, 0.15) is 52.9 Å². The number of hydrogen-bond acceptors (Lipinski definition) is 5. The molecule has 4 rings (SSSR count). The van der Waals surface area contributed by atoms with Crippen LogP contribution < -0.4 is 5.32 Å². The second-order valence-corrected chi connectivity index (χ2v) is 9.19. The minimum absolute atomic E-state index is 0.184. The predicted molar refractivity (Wildman–Crippen MR) is 111 cm³/mol. The summed E-state index contributed by atoms with van der Waals surface area (Å²) in [4.78, 5) is 23.6. The minimum Gasteiger partial charge on any atom is -0.444 e. The van der Waals surface area contributed by atoms with Crippen LogP contribution in [0, 0.1) is 0 Å². The highest BCUT2D eigenvalue weighted by molar-refractivity contribution is 6.30. The highest BCUT2D eigenvalue weighted by Crippen LogP contribution is 2.37. The lowest BCUT2D eigenvalue weighted by atomic mass is 9.82. The van der Waals surface area contributed by atoms with Crippen molar-refractivity contribution in [3.63, 3.8) is 0 Å². The van der Waals surface area contributed by atoms with Gasteiger partial charge >= 0.3 is 6.09 Å². The summed E-state index contributed by atoms with van der Waals surface area (Å²) < 4.78 is 5.67. The second kappa shape index (κ2) is 7.39. The van der Waals surface area contributed by atoms with Crippen LogP contribution >= 0.6 is 11.6 Å². The summed E-state index contributed by atoms with van der Waals surface area (Å²) in [5.74, 6) is 0.768. The smallest absolute Gasteiger partial charge is 0.410 e. The number of rotatable bonds is 2. The molecule has 2 aromatic rings. The Kier molecular flexibility index (Phi) is 5.08. The molecular weight excluding hydrogens is 376 g/mol. The fourth-order valence-electron chi connectivity index (χ4n) is 4.46. The molecule has 0 saturated carbocycles. The van der Waals surface area contributed by atoms with Gasteiger partial charge in [0.15, 0.2) is 0 Å². The standard InChI is InChI=1S/C21H27ClN4O2/c1-21(2,3)28-20(27)26-14-6-4-7-15(26)11-13(10-14)24-19-16-8-5-9-23-17(16)12-18(22)25-19/h5,8-9,12-15H,4,6-7,10-11H2,1-3H3,(H,24,25)/t13-,14-,15+. The monoisotopic (exact) mass is 402 g/mol. The third kappa shape index (κ3) is 4.02. The van der Waals surface area contributed by atoms with Gasteiger partial charge in [0.05, 0.1) is 5.52 Å². The van der Waals surface area contributed by atoms with Crippen LogP contribution in [-0.4, -0.2) is 44.7 Å². The molecule has 2 saturated heterocycles. The minimum atomic E-state index is -0.475. The number of nitrogens with zero attached hydrogens (tertiary/aromatic N) is 3. The fourth-order valence-corrected chi connectivity index (χ4v) is 4.65. The average molecular weight is 403 g/mol. The number of halogens is 1. The van der Waals surface area contributed by atoms with Crippen molar-refractivity contribution < 1.29 is 9.53 Å². The number of piperidine rings is 2. The summed E-state index contributed by atoms with van der Waals surface area (Å²) in [5.41, 5.74) is 0.355. The molecule has 7 heteroatoms. The van der Waals surface area contributed by atoms with Gasteiger partial charge in [-0.3, -0.25) is 4.98 Å². The molecular formula is C21H27ClN4O2. The zero-order valence-electron chi connectivity index (χ0n) is 16.6. The Labute approximate surface area is 170 Å². The van der Waals surface area contributed by atoms with Crippen LogP contribution in [0.15, 0.2) is 24.4 Å². The van der Waals surface area contributed by atoms with Gasteiger partial charge < -0.3 is 15.0 Å². The molecule has 2 aromatic heterocycles. The molecule has 0 aromatic carbocycles. The number of anilines is 1. The van der Waals surface area contributed by atoms with Crippen molar-refractivity contribution in [2.24, 2.45) is 0 Å². The van der Waals surface area contributed by atoms with Gasteiger partial charge in [-0.15, -0.1) is 0 Å². The van der Waals surface area contributed by atoms with Gasteiger partial charge in [-0.25, -0.2) is 9.78 Å². The maximum absolute atomic E-state index is 12.8. The van der Waals surface area contributed by atoms with Gasteiger partial charge in [-0.05, 0) is 65.0 Å². The average Bonchev–Trinajstić information content (AvgIpc) is 2.59. The van der Waals surface area contributed by atoms with Crippen molar-refractivity contribution >= 4 is 34.4 Å².